The molecule has 4 heteroatoms. The second-order valence-electron chi connectivity index (χ2n) is 5.88. The number of nitrogens with one attached hydrogen (secondary N) is 1. The average Bonchev–Trinajstić information content (AvgIpc) is 2.87. The first-order valence-electron chi connectivity index (χ1n) is 7.89. The van der Waals surface area contributed by atoms with Gasteiger partial charge in [0.2, 0.25) is 0 Å². The molecule has 0 fully saturated rings. The van der Waals surface area contributed by atoms with Crippen molar-refractivity contribution in [2.75, 3.05) is 18.6 Å². The van der Waals surface area contributed by atoms with Gasteiger partial charge in [0.1, 0.15) is 0 Å². The van der Waals surface area contributed by atoms with Crippen LogP contribution in [-0.2, 0) is 6.42 Å². The van der Waals surface area contributed by atoms with Gasteiger partial charge in [0, 0.05) is 24.4 Å². The van der Waals surface area contributed by atoms with Crippen LogP contribution in [0.1, 0.15) is 52.3 Å². The van der Waals surface area contributed by atoms with E-state index in [-0.39, 0.29) is 0 Å². The SMILES string of the molecule is CCC(CC)n1ccc(CC(CSCC(C)C)NC)n1. The molecular weight excluding hydrogens is 266 g/mol. The zero-order valence-corrected chi connectivity index (χ0v) is 14.5. The van der Waals surface area contributed by atoms with Crippen LogP contribution in [0.5, 0.6) is 0 Å². The number of nitrogens with zero attached hydrogens (tertiary/aromatic N) is 2. The molecule has 1 aromatic rings. The maximum Gasteiger partial charge on any atom is 0.0640 e. The molecule has 0 bridgehead atoms. The van der Waals surface area contributed by atoms with Crippen molar-refractivity contribution in [3.8, 4) is 0 Å². The molecule has 0 spiro atoms. The molecule has 0 aliphatic carbocycles. The highest BCUT2D eigenvalue weighted by molar-refractivity contribution is 7.99. The van der Waals surface area contributed by atoms with Gasteiger partial charge in [0.15, 0.2) is 0 Å². The van der Waals surface area contributed by atoms with Crippen molar-refractivity contribution in [2.45, 2.75) is 59.0 Å². The van der Waals surface area contributed by atoms with Crippen LogP contribution in [-0.4, -0.2) is 34.4 Å². The van der Waals surface area contributed by atoms with Crippen molar-refractivity contribution < 1.29 is 0 Å². The second-order valence-corrected chi connectivity index (χ2v) is 6.95. The van der Waals surface area contributed by atoms with Crippen molar-refractivity contribution >= 4 is 11.8 Å². The Kier molecular flexibility index (Phi) is 8.31. The Balaban J connectivity index is 2.49. The molecule has 0 saturated carbocycles. The number of hydrogen-bond acceptors (Lipinski definition) is 3. The molecule has 0 aromatic carbocycles. The lowest BCUT2D eigenvalue weighted by atomic mass is 10.2. The molecule has 1 atom stereocenters. The van der Waals surface area contributed by atoms with E-state index in [1.165, 1.54) is 11.4 Å². The highest BCUT2D eigenvalue weighted by Gasteiger charge is 2.12. The summed E-state index contributed by atoms with van der Waals surface area (Å²) >= 11 is 2.04. The van der Waals surface area contributed by atoms with Crippen LogP contribution in [0.4, 0.5) is 0 Å². The summed E-state index contributed by atoms with van der Waals surface area (Å²) in [6.45, 7) is 9.01. The number of likely N-dealkylation sites (N-methyl/N-ethyl adjacent to an activating group) is 1. The monoisotopic (exact) mass is 297 g/mol. The van der Waals surface area contributed by atoms with Crippen molar-refractivity contribution in [1.82, 2.24) is 15.1 Å². The van der Waals surface area contributed by atoms with E-state index in [0.29, 0.717) is 12.1 Å². The van der Waals surface area contributed by atoms with Gasteiger partial charge >= 0.3 is 0 Å². The fourth-order valence-electron chi connectivity index (χ4n) is 2.30. The number of aromatic nitrogens is 2. The van der Waals surface area contributed by atoms with Gasteiger partial charge in [-0.05, 0) is 37.6 Å². The third-order valence-electron chi connectivity index (χ3n) is 3.61. The van der Waals surface area contributed by atoms with Crippen molar-refractivity contribution in [3.63, 3.8) is 0 Å². The van der Waals surface area contributed by atoms with E-state index in [4.69, 9.17) is 5.10 Å². The third kappa shape index (κ3) is 5.88. The molecule has 20 heavy (non-hydrogen) atoms. The largest absolute Gasteiger partial charge is 0.316 e. The first-order valence-corrected chi connectivity index (χ1v) is 9.05. The molecule has 0 saturated heterocycles. The minimum atomic E-state index is 0.517. The van der Waals surface area contributed by atoms with Gasteiger partial charge < -0.3 is 5.32 Å². The lowest BCUT2D eigenvalue weighted by Crippen LogP contribution is -2.30. The molecule has 1 rings (SSSR count). The topological polar surface area (TPSA) is 29.9 Å². The molecule has 116 valence electrons. The van der Waals surface area contributed by atoms with E-state index in [1.807, 2.05) is 11.8 Å². The molecule has 0 aliphatic heterocycles. The first-order chi connectivity index (χ1) is 9.60. The van der Waals surface area contributed by atoms with Crippen LogP contribution in [0, 0.1) is 5.92 Å². The Morgan fingerprint density at radius 1 is 1.25 bits per heavy atom. The first kappa shape index (κ1) is 17.6. The Morgan fingerprint density at radius 2 is 1.95 bits per heavy atom. The molecule has 1 N–H and O–H groups in total. The summed E-state index contributed by atoms with van der Waals surface area (Å²) < 4.78 is 2.14. The molecule has 0 radical (unpaired) electrons. The van der Waals surface area contributed by atoms with Crippen molar-refractivity contribution in [3.05, 3.63) is 18.0 Å². The highest BCUT2D eigenvalue weighted by Crippen LogP contribution is 2.16. The van der Waals surface area contributed by atoms with Gasteiger partial charge in [0.05, 0.1) is 11.7 Å². The van der Waals surface area contributed by atoms with Gasteiger partial charge in [-0.2, -0.15) is 16.9 Å². The van der Waals surface area contributed by atoms with Gasteiger partial charge in [-0.15, -0.1) is 0 Å². The summed E-state index contributed by atoms with van der Waals surface area (Å²) in [6.07, 6.45) is 5.46. The van der Waals surface area contributed by atoms with Gasteiger partial charge in [-0.1, -0.05) is 27.7 Å². The van der Waals surface area contributed by atoms with Crippen LogP contribution in [0.15, 0.2) is 12.3 Å². The molecular formula is C16H31N3S. The quantitative estimate of drug-likeness (QED) is 0.713. The lowest BCUT2D eigenvalue weighted by Gasteiger charge is -2.16. The number of thioether (sulfide) groups is 1. The van der Waals surface area contributed by atoms with E-state index < -0.39 is 0 Å². The standard InChI is InChI=1S/C16H31N3S/c1-6-16(7-2)19-9-8-14(18-19)10-15(17-5)12-20-11-13(3)4/h8-9,13,15-17H,6-7,10-12H2,1-5H3. The summed E-state index contributed by atoms with van der Waals surface area (Å²) in [4.78, 5) is 0. The number of hydrogen-bond donors (Lipinski definition) is 1. The molecule has 0 amide bonds. The van der Waals surface area contributed by atoms with E-state index in [1.54, 1.807) is 0 Å². The minimum Gasteiger partial charge on any atom is -0.316 e. The molecule has 1 unspecified atom stereocenters. The predicted octanol–water partition coefficient (Wildman–Crippen LogP) is 3.76. The van der Waals surface area contributed by atoms with E-state index >= 15 is 0 Å². The normalized spacial score (nSPS) is 13.3. The van der Waals surface area contributed by atoms with Gasteiger partial charge in [-0.3, -0.25) is 4.68 Å². The summed E-state index contributed by atoms with van der Waals surface area (Å²) in [6, 6.07) is 3.24. The van der Waals surface area contributed by atoms with Crippen LogP contribution < -0.4 is 5.32 Å². The Bertz CT molecular complexity index is 358. The maximum absolute atomic E-state index is 4.75. The highest BCUT2D eigenvalue weighted by atomic mass is 32.2. The van der Waals surface area contributed by atoms with Crippen LogP contribution in [0.25, 0.3) is 0 Å². The van der Waals surface area contributed by atoms with E-state index in [2.05, 4.69) is 57.0 Å². The predicted molar refractivity (Wildman–Crippen MR) is 90.6 cm³/mol. The summed E-state index contributed by atoms with van der Waals surface area (Å²) in [7, 11) is 2.05. The van der Waals surface area contributed by atoms with Gasteiger partial charge in [0.25, 0.3) is 0 Å². The van der Waals surface area contributed by atoms with Crippen molar-refractivity contribution in [2.24, 2.45) is 5.92 Å². The van der Waals surface area contributed by atoms with Crippen molar-refractivity contribution in [1.29, 1.82) is 0 Å². The van der Waals surface area contributed by atoms with Crippen LogP contribution >= 0.6 is 11.8 Å². The second kappa shape index (κ2) is 9.46. The molecule has 0 aliphatic rings. The zero-order valence-electron chi connectivity index (χ0n) is 13.7. The third-order valence-corrected chi connectivity index (χ3v) is 5.15. The van der Waals surface area contributed by atoms with E-state index in [9.17, 15) is 0 Å². The van der Waals surface area contributed by atoms with Crippen LogP contribution in [0.2, 0.25) is 0 Å². The zero-order chi connectivity index (χ0) is 15.0. The number of rotatable bonds is 10. The Hall–Kier alpha value is -0.480. The Morgan fingerprint density at radius 3 is 2.50 bits per heavy atom. The fourth-order valence-corrected chi connectivity index (χ4v) is 3.47. The summed E-state index contributed by atoms with van der Waals surface area (Å²) in [5, 5.41) is 8.17. The minimum absolute atomic E-state index is 0.517. The molecule has 1 aromatic heterocycles. The summed E-state index contributed by atoms with van der Waals surface area (Å²) in [5.74, 6) is 3.17. The smallest absolute Gasteiger partial charge is 0.0640 e. The molecule has 3 nitrogen and oxygen atoms in total. The van der Waals surface area contributed by atoms with Crippen LogP contribution in [0.3, 0.4) is 0 Å². The molecule has 1 heterocycles. The maximum atomic E-state index is 4.75. The Labute approximate surface area is 128 Å². The summed E-state index contributed by atoms with van der Waals surface area (Å²) in [5.41, 5.74) is 1.21. The van der Waals surface area contributed by atoms with E-state index in [0.717, 1.165) is 30.9 Å². The lowest BCUT2D eigenvalue weighted by molar-refractivity contribution is 0.424. The van der Waals surface area contributed by atoms with Gasteiger partial charge in [-0.25, -0.2) is 0 Å². The fraction of sp³-hybridized carbons (Fsp3) is 0.812. The average molecular weight is 298 g/mol.